The largest absolute Gasteiger partial charge is 0.480 e. The number of carboxylic acids is 1. The molecule has 0 bridgehead atoms. The third kappa shape index (κ3) is 5.27. The predicted molar refractivity (Wildman–Crippen MR) is 97.3 cm³/mol. The van der Waals surface area contributed by atoms with Crippen LogP contribution in [0.25, 0.3) is 0 Å². The molecule has 0 radical (unpaired) electrons. The molecule has 1 unspecified atom stereocenters. The number of nitrogens with two attached hydrogens (primary N) is 1. The maximum absolute atomic E-state index is 12.7. The van der Waals surface area contributed by atoms with E-state index < -0.39 is 34.4 Å². The summed E-state index contributed by atoms with van der Waals surface area (Å²) in [5.41, 5.74) is 0.329. The van der Waals surface area contributed by atoms with Crippen molar-refractivity contribution in [2.45, 2.75) is 25.2 Å². The lowest BCUT2D eigenvalue weighted by Crippen LogP contribution is -2.42. The first-order valence-electron chi connectivity index (χ1n) is 8.43. The van der Waals surface area contributed by atoms with Gasteiger partial charge in [0.1, 0.15) is 6.54 Å². The Labute approximate surface area is 157 Å². The number of carboxylic acid groups (broad SMARTS) is 1. The number of aliphatic carboxylic acids is 1. The van der Waals surface area contributed by atoms with E-state index >= 15 is 0 Å². The van der Waals surface area contributed by atoms with Gasteiger partial charge in [-0.25, -0.2) is 13.6 Å². The average Bonchev–Trinajstić information content (AvgIpc) is 2.94. The molecule has 1 heterocycles. The lowest BCUT2D eigenvalue weighted by Gasteiger charge is -2.25. The van der Waals surface area contributed by atoms with Crippen LogP contribution in [0.4, 0.5) is 5.69 Å². The van der Waals surface area contributed by atoms with Gasteiger partial charge in [0.25, 0.3) is 0 Å². The van der Waals surface area contributed by atoms with E-state index in [9.17, 15) is 22.8 Å². The quantitative estimate of drug-likeness (QED) is 0.677. The number of rotatable bonds is 7. The van der Waals surface area contributed by atoms with Crippen molar-refractivity contribution in [3.05, 3.63) is 24.3 Å². The number of anilines is 1. The van der Waals surface area contributed by atoms with E-state index in [2.05, 4.69) is 0 Å². The van der Waals surface area contributed by atoms with Crippen LogP contribution in [0.15, 0.2) is 29.2 Å². The molecule has 1 aromatic rings. The number of amides is 2. The van der Waals surface area contributed by atoms with E-state index in [4.69, 9.17) is 10.2 Å². The molecule has 2 rings (SSSR count). The Kier molecular flexibility index (Phi) is 6.22. The van der Waals surface area contributed by atoms with Gasteiger partial charge in [0.05, 0.1) is 10.8 Å². The van der Waals surface area contributed by atoms with Crippen LogP contribution in [0, 0.1) is 11.8 Å². The molecule has 1 saturated heterocycles. The molecule has 1 aliphatic rings. The normalized spacial score (nSPS) is 17.4. The SMILES string of the molecule is CC(C)CN(CC(=O)O)C(=O)C1CC(=O)N(c2cccc(S(N)(=O)=O)c2)C1. The second kappa shape index (κ2) is 8.05. The first kappa shape index (κ1) is 20.8. The van der Waals surface area contributed by atoms with Crippen molar-refractivity contribution in [1.82, 2.24) is 4.90 Å². The number of primary sulfonamides is 1. The Morgan fingerprint density at radius 2 is 2.04 bits per heavy atom. The second-order valence-corrected chi connectivity index (χ2v) is 8.52. The van der Waals surface area contributed by atoms with Crippen LogP contribution < -0.4 is 10.0 Å². The Bertz CT molecular complexity index is 852. The number of carbonyl (C=O) groups excluding carboxylic acids is 2. The third-order valence-electron chi connectivity index (χ3n) is 4.16. The number of hydrogen-bond donors (Lipinski definition) is 2. The van der Waals surface area contributed by atoms with Crippen LogP contribution in [-0.2, 0) is 24.4 Å². The third-order valence-corrected chi connectivity index (χ3v) is 5.07. The van der Waals surface area contributed by atoms with Crippen molar-refractivity contribution in [2.75, 3.05) is 24.5 Å². The van der Waals surface area contributed by atoms with Gasteiger partial charge in [-0.15, -0.1) is 0 Å². The molecule has 0 spiro atoms. The molecule has 3 N–H and O–H groups in total. The smallest absolute Gasteiger partial charge is 0.323 e. The van der Waals surface area contributed by atoms with Gasteiger partial charge in [-0.05, 0) is 24.1 Å². The Morgan fingerprint density at radius 1 is 1.37 bits per heavy atom. The molecule has 9 nitrogen and oxygen atoms in total. The van der Waals surface area contributed by atoms with Crippen molar-refractivity contribution in [3.8, 4) is 0 Å². The minimum Gasteiger partial charge on any atom is -0.480 e. The molecule has 1 atom stereocenters. The molecule has 0 aliphatic carbocycles. The summed E-state index contributed by atoms with van der Waals surface area (Å²) in [5.74, 6) is -2.46. The first-order chi connectivity index (χ1) is 12.5. The summed E-state index contributed by atoms with van der Waals surface area (Å²) < 4.78 is 23.0. The molecule has 148 valence electrons. The second-order valence-electron chi connectivity index (χ2n) is 6.95. The molecule has 10 heteroatoms. The zero-order chi connectivity index (χ0) is 20.4. The summed E-state index contributed by atoms with van der Waals surface area (Å²) >= 11 is 0. The van der Waals surface area contributed by atoms with Gasteiger partial charge >= 0.3 is 5.97 Å². The number of sulfonamides is 1. The number of hydrogen-bond acceptors (Lipinski definition) is 5. The monoisotopic (exact) mass is 397 g/mol. The highest BCUT2D eigenvalue weighted by Crippen LogP contribution is 2.28. The molecule has 1 fully saturated rings. The lowest BCUT2D eigenvalue weighted by atomic mass is 10.1. The molecular weight excluding hydrogens is 374 g/mol. The Hall–Kier alpha value is -2.46. The summed E-state index contributed by atoms with van der Waals surface area (Å²) in [6.45, 7) is 3.64. The van der Waals surface area contributed by atoms with Gasteiger partial charge < -0.3 is 14.9 Å². The summed E-state index contributed by atoms with van der Waals surface area (Å²) in [5, 5.41) is 14.2. The summed E-state index contributed by atoms with van der Waals surface area (Å²) in [6.07, 6.45) is -0.0628. The molecular formula is C17H23N3O6S. The Balaban J connectivity index is 2.21. The topological polar surface area (TPSA) is 138 Å². The number of carbonyl (C=O) groups is 3. The number of nitrogens with zero attached hydrogens (tertiary/aromatic N) is 2. The van der Waals surface area contributed by atoms with Crippen LogP contribution >= 0.6 is 0 Å². The fraction of sp³-hybridized carbons (Fsp3) is 0.471. The summed E-state index contributed by atoms with van der Waals surface area (Å²) in [7, 11) is -3.92. The molecule has 1 aromatic carbocycles. The van der Waals surface area contributed by atoms with E-state index in [0.717, 1.165) is 0 Å². The van der Waals surface area contributed by atoms with Gasteiger partial charge in [0, 0.05) is 25.2 Å². The summed E-state index contributed by atoms with van der Waals surface area (Å²) in [6, 6.07) is 5.62. The standard InChI is InChI=1S/C17H23N3O6S/c1-11(2)8-19(10-16(22)23)17(24)12-6-15(21)20(9-12)13-4-3-5-14(7-13)27(18,25)26/h3-5,7,11-12H,6,8-10H2,1-2H3,(H,22,23)(H2,18,25,26). The molecule has 0 aromatic heterocycles. The number of benzene rings is 1. The molecule has 27 heavy (non-hydrogen) atoms. The van der Waals surface area contributed by atoms with E-state index in [1.54, 1.807) is 6.07 Å². The minimum atomic E-state index is -3.92. The average molecular weight is 397 g/mol. The van der Waals surface area contributed by atoms with Crippen LogP contribution in [0.3, 0.4) is 0 Å². The van der Waals surface area contributed by atoms with Gasteiger partial charge in [0.2, 0.25) is 21.8 Å². The lowest BCUT2D eigenvalue weighted by molar-refractivity contribution is -0.146. The van der Waals surface area contributed by atoms with Crippen molar-refractivity contribution in [3.63, 3.8) is 0 Å². The highest BCUT2D eigenvalue weighted by molar-refractivity contribution is 7.89. The van der Waals surface area contributed by atoms with Gasteiger partial charge in [-0.2, -0.15) is 0 Å². The fourth-order valence-electron chi connectivity index (χ4n) is 3.05. The fourth-order valence-corrected chi connectivity index (χ4v) is 3.60. The molecule has 2 amide bonds. The van der Waals surface area contributed by atoms with Crippen molar-refractivity contribution >= 4 is 33.5 Å². The van der Waals surface area contributed by atoms with E-state index in [0.29, 0.717) is 5.69 Å². The Morgan fingerprint density at radius 3 is 2.59 bits per heavy atom. The zero-order valence-corrected chi connectivity index (χ0v) is 16.0. The van der Waals surface area contributed by atoms with Crippen molar-refractivity contribution in [1.29, 1.82) is 0 Å². The van der Waals surface area contributed by atoms with Gasteiger partial charge in [-0.1, -0.05) is 19.9 Å². The van der Waals surface area contributed by atoms with Crippen LogP contribution in [0.2, 0.25) is 0 Å². The highest BCUT2D eigenvalue weighted by Gasteiger charge is 2.38. The van der Waals surface area contributed by atoms with E-state index in [-0.39, 0.29) is 36.2 Å². The van der Waals surface area contributed by atoms with Crippen LogP contribution in [-0.4, -0.2) is 55.8 Å². The summed E-state index contributed by atoms with van der Waals surface area (Å²) in [4.78, 5) is 38.6. The molecule has 1 aliphatic heterocycles. The van der Waals surface area contributed by atoms with Gasteiger partial charge in [0.15, 0.2) is 0 Å². The van der Waals surface area contributed by atoms with E-state index in [1.165, 1.54) is 28.0 Å². The molecule has 0 saturated carbocycles. The maximum atomic E-state index is 12.7. The maximum Gasteiger partial charge on any atom is 0.323 e. The van der Waals surface area contributed by atoms with Gasteiger partial charge in [-0.3, -0.25) is 14.4 Å². The first-order valence-corrected chi connectivity index (χ1v) is 9.97. The van der Waals surface area contributed by atoms with Crippen LogP contribution in [0.1, 0.15) is 20.3 Å². The highest BCUT2D eigenvalue weighted by atomic mass is 32.2. The minimum absolute atomic E-state index is 0.0555. The van der Waals surface area contributed by atoms with Crippen molar-refractivity contribution in [2.24, 2.45) is 17.0 Å². The van der Waals surface area contributed by atoms with Crippen molar-refractivity contribution < 1.29 is 27.9 Å². The zero-order valence-electron chi connectivity index (χ0n) is 15.2. The van der Waals surface area contributed by atoms with E-state index in [1.807, 2.05) is 13.8 Å². The van der Waals surface area contributed by atoms with Crippen LogP contribution in [0.5, 0.6) is 0 Å². The predicted octanol–water partition coefficient (Wildman–Crippen LogP) is 0.256.